The van der Waals surface area contributed by atoms with E-state index in [0.29, 0.717) is 12.3 Å². The Morgan fingerprint density at radius 3 is 2.96 bits per heavy atom. The Labute approximate surface area is 156 Å². The van der Waals surface area contributed by atoms with Gasteiger partial charge in [-0.3, -0.25) is 4.79 Å². The van der Waals surface area contributed by atoms with Crippen LogP contribution in [0.5, 0.6) is 0 Å². The van der Waals surface area contributed by atoms with Crippen molar-refractivity contribution in [3.63, 3.8) is 0 Å². The Morgan fingerprint density at radius 1 is 1.38 bits per heavy atom. The summed E-state index contributed by atoms with van der Waals surface area (Å²) in [5.41, 5.74) is 2.27. The molecule has 26 heavy (non-hydrogen) atoms. The van der Waals surface area contributed by atoms with Crippen molar-refractivity contribution in [2.75, 3.05) is 38.2 Å². The van der Waals surface area contributed by atoms with Crippen molar-refractivity contribution in [1.82, 2.24) is 14.9 Å². The van der Waals surface area contributed by atoms with E-state index in [1.807, 2.05) is 4.90 Å². The molecule has 1 amide bonds. The molecule has 0 aromatic carbocycles. The molecule has 0 aliphatic carbocycles. The highest BCUT2D eigenvalue weighted by atomic mass is 16.5. The van der Waals surface area contributed by atoms with Crippen LogP contribution in [0.2, 0.25) is 0 Å². The SMILES string of the molecule is C=CCC(=O)N1CCc2nc(CC)nc(NCC[C@@H]3CCOC3)c2CC1. The molecule has 1 aromatic heterocycles. The molecule has 1 aromatic rings. The summed E-state index contributed by atoms with van der Waals surface area (Å²) in [5.74, 6) is 2.64. The second-order valence-electron chi connectivity index (χ2n) is 7.09. The van der Waals surface area contributed by atoms with E-state index in [0.717, 1.165) is 82.3 Å². The molecule has 0 radical (unpaired) electrons. The fourth-order valence-corrected chi connectivity index (χ4v) is 3.66. The topological polar surface area (TPSA) is 67.4 Å². The summed E-state index contributed by atoms with van der Waals surface area (Å²) in [6.07, 6.45) is 6.74. The van der Waals surface area contributed by atoms with Gasteiger partial charge in [0.25, 0.3) is 0 Å². The van der Waals surface area contributed by atoms with Crippen LogP contribution in [0.1, 0.15) is 43.3 Å². The van der Waals surface area contributed by atoms with Crippen molar-refractivity contribution in [3.8, 4) is 0 Å². The average Bonchev–Trinajstić information content (AvgIpc) is 3.06. The minimum atomic E-state index is 0.146. The standard InChI is InChI=1S/C20H30N4O2/c1-3-5-19(25)24-11-7-16-17(8-12-24)22-18(4-2)23-20(16)21-10-6-15-9-13-26-14-15/h3,15H,1,4-14H2,2H3,(H,21,22,23)/t15-/m1/s1. The zero-order chi connectivity index (χ0) is 18.4. The normalized spacial score (nSPS) is 19.7. The van der Waals surface area contributed by atoms with Crippen molar-refractivity contribution >= 4 is 11.7 Å². The van der Waals surface area contributed by atoms with Crippen LogP contribution in [0.3, 0.4) is 0 Å². The molecule has 0 bridgehead atoms. The Hall–Kier alpha value is -1.95. The van der Waals surface area contributed by atoms with Crippen LogP contribution in [-0.2, 0) is 28.8 Å². The highest BCUT2D eigenvalue weighted by Crippen LogP contribution is 2.23. The molecule has 0 saturated carbocycles. The molecule has 0 spiro atoms. The summed E-state index contributed by atoms with van der Waals surface area (Å²) >= 11 is 0. The monoisotopic (exact) mass is 358 g/mol. The molecule has 1 fully saturated rings. The Kier molecular flexibility index (Phi) is 6.61. The summed E-state index contributed by atoms with van der Waals surface area (Å²) in [7, 11) is 0. The van der Waals surface area contributed by atoms with Crippen LogP contribution in [-0.4, -0.2) is 53.6 Å². The van der Waals surface area contributed by atoms with Crippen LogP contribution < -0.4 is 5.32 Å². The molecule has 1 atom stereocenters. The number of amides is 1. The average molecular weight is 358 g/mol. The Balaban J connectivity index is 1.70. The first-order valence-electron chi connectivity index (χ1n) is 9.80. The fourth-order valence-electron chi connectivity index (χ4n) is 3.66. The maximum atomic E-state index is 12.2. The molecule has 142 valence electrons. The van der Waals surface area contributed by atoms with Crippen molar-refractivity contribution in [1.29, 1.82) is 0 Å². The van der Waals surface area contributed by atoms with Gasteiger partial charge >= 0.3 is 0 Å². The van der Waals surface area contributed by atoms with Crippen LogP contribution >= 0.6 is 0 Å². The number of aromatic nitrogens is 2. The number of fused-ring (bicyclic) bond motifs is 1. The highest BCUT2D eigenvalue weighted by molar-refractivity contribution is 5.77. The van der Waals surface area contributed by atoms with Crippen molar-refractivity contribution in [3.05, 3.63) is 29.7 Å². The van der Waals surface area contributed by atoms with Gasteiger partial charge in [0.1, 0.15) is 11.6 Å². The third-order valence-electron chi connectivity index (χ3n) is 5.25. The number of ether oxygens (including phenoxy) is 1. The molecule has 0 unspecified atom stereocenters. The first kappa shape index (κ1) is 18.8. The molecule has 1 N–H and O–H groups in total. The molecule has 2 aliphatic heterocycles. The summed E-state index contributed by atoms with van der Waals surface area (Å²) < 4.78 is 5.46. The van der Waals surface area contributed by atoms with E-state index in [2.05, 4.69) is 18.8 Å². The molecule has 6 heteroatoms. The number of anilines is 1. The van der Waals surface area contributed by atoms with E-state index < -0.39 is 0 Å². The van der Waals surface area contributed by atoms with Gasteiger partial charge in [-0.25, -0.2) is 9.97 Å². The van der Waals surface area contributed by atoms with Gasteiger partial charge in [-0.2, -0.15) is 0 Å². The summed E-state index contributed by atoms with van der Waals surface area (Å²) in [5, 5.41) is 3.55. The third-order valence-corrected chi connectivity index (χ3v) is 5.25. The summed E-state index contributed by atoms with van der Waals surface area (Å²) in [4.78, 5) is 23.6. The quantitative estimate of drug-likeness (QED) is 0.758. The second kappa shape index (κ2) is 9.12. The summed E-state index contributed by atoms with van der Waals surface area (Å²) in [6, 6.07) is 0. The largest absolute Gasteiger partial charge is 0.381 e. The van der Waals surface area contributed by atoms with Gasteiger partial charge in [-0.15, -0.1) is 6.58 Å². The van der Waals surface area contributed by atoms with Gasteiger partial charge in [0.05, 0.1) is 5.69 Å². The van der Waals surface area contributed by atoms with E-state index in [1.54, 1.807) is 6.08 Å². The highest BCUT2D eigenvalue weighted by Gasteiger charge is 2.22. The van der Waals surface area contributed by atoms with Gasteiger partial charge in [0.15, 0.2) is 0 Å². The number of rotatable bonds is 7. The first-order chi connectivity index (χ1) is 12.7. The van der Waals surface area contributed by atoms with Gasteiger partial charge in [-0.1, -0.05) is 13.0 Å². The Bertz CT molecular complexity index is 641. The number of carbonyl (C=O) groups is 1. The molecular formula is C20H30N4O2. The van der Waals surface area contributed by atoms with Gasteiger partial charge in [-0.05, 0) is 25.2 Å². The van der Waals surface area contributed by atoms with Gasteiger partial charge in [0.2, 0.25) is 5.91 Å². The predicted octanol–water partition coefficient (Wildman–Crippen LogP) is 2.38. The predicted molar refractivity (Wildman–Crippen MR) is 102 cm³/mol. The number of hydrogen-bond acceptors (Lipinski definition) is 5. The maximum absolute atomic E-state index is 12.2. The Morgan fingerprint density at radius 2 is 2.23 bits per heavy atom. The lowest BCUT2D eigenvalue weighted by molar-refractivity contribution is -0.130. The van der Waals surface area contributed by atoms with E-state index >= 15 is 0 Å². The number of aryl methyl sites for hydroxylation is 1. The van der Waals surface area contributed by atoms with Gasteiger partial charge in [0, 0.05) is 57.7 Å². The molecule has 3 heterocycles. The molecular weight excluding hydrogens is 328 g/mol. The van der Waals surface area contributed by atoms with Crippen molar-refractivity contribution < 1.29 is 9.53 Å². The number of carbonyl (C=O) groups excluding carboxylic acids is 1. The van der Waals surface area contributed by atoms with Gasteiger partial charge < -0.3 is 15.0 Å². The number of nitrogens with zero attached hydrogens (tertiary/aromatic N) is 3. The van der Waals surface area contributed by atoms with E-state index in [1.165, 1.54) is 5.56 Å². The third kappa shape index (κ3) is 4.61. The zero-order valence-electron chi connectivity index (χ0n) is 15.8. The first-order valence-corrected chi connectivity index (χ1v) is 9.80. The van der Waals surface area contributed by atoms with Crippen LogP contribution in [0.25, 0.3) is 0 Å². The van der Waals surface area contributed by atoms with Crippen LogP contribution in [0.4, 0.5) is 5.82 Å². The van der Waals surface area contributed by atoms with Crippen LogP contribution in [0.15, 0.2) is 12.7 Å². The molecule has 2 aliphatic rings. The molecule has 1 saturated heterocycles. The minimum absolute atomic E-state index is 0.146. The lowest BCUT2D eigenvalue weighted by Gasteiger charge is -2.19. The fraction of sp³-hybridized carbons (Fsp3) is 0.650. The lowest BCUT2D eigenvalue weighted by Crippen LogP contribution is -2.32. The van der Waals surface area contributed by atoms with Crippen molar-refractivity contribution in [2.45, 2.75) is 45.4 Å². The smallest absolute Gasteiger partial charge is 0.226 e. The maximum Gasteiger partial charge on any atom is 0.226 e. The number of nitrogens with one attached hydrogen (secondary N) is 1. The minimum Gasteiger partial charge on any atom is -0.381 e. The summed E-state index contributed by atoms with van der Waals surface area (Å²) in [6.45, 7) is 9.87. The van der Waals surface area contributed by atoms with Crippen molar-refractivity contribution in [2.24, 2.45) is 5.92 Å². The van der Waals surface area contributed by atoms with E-state index in [4.69, 9.17) is 14.7 Å². The molecule has 6 nitrogen and oxygen atoms in total. The molecule has 3 rings (SSSR count). The second-order valence-corrected chi connectivity index (χ2v) is 7.09. The van der Waals surface area contributed by atoms with Crippen LogP contribution in [0, 0.1) is 5.92 Å². The number of hydrogen-bond donors (Lipinski definition) is 1. The van der Waals surface area contributed by atoms with E-state index in [9.17, 15) is 4.79 Å². The lowest BCUT2D eigenvalue weighted by atomic mass is 10.1. The van der Waals surface area contributed by atoms with E-state index in [-0.39, 0.29) is 5.91 Å². The zero-order valence-corrected chi connectivity index (χ0v) is 15.8.